The second-order valence-electron chi connectivity index (χ2n) is 5.74. The first-order valence-corrected chi connectivity index (χ1v) is 9.56. The highest BCUT2D eigenvalue weighted by atomic mass is 32.1. The van der Waals surface area contributed by atoms with Gasteiger partial charge >= 0.3 is 5.97 Å². The summed E-state index contributed by atoms with van der Waals surface area (Å²) in [7, 11) is 1.34. The number of hydrogen-bond acceptors (Lipinski definition) is 9. The number of nitrogen functional groups attached to an aromatic ring is 1. The summed E-state index contributed by atoms with van der Waals surface area (Å²) in [6.45, 7) is 0.676. The van der Waals surface area contributed by atoms with Gasteiger partial charge in [-0.3, -0.25) is 5.43 Å². The number of esters is 1. The van der Waals surface area contributed by atoms with Gasteiger partial charge in [0.25, 0.3) is 0 Å². The minimum absolute atomic E-state index is 0.329. The number of thiazole rings is 1. The van der Waals surface area contributed by atoms with Crippen molar-refractivity contribution in [2.75, 3.05) is 31.5 Å². The van der Waals surface area contributed by atoms with E-state index >= 15 is 0 Å². The number of anilines is 2. The number of benzene rings is 2. The Hall–Kier alpha value is -3.59. The first-order chi connectivity index (χ1) is 14.1. The molecule has 0 spiro atoms. The molecule has 0 saturated heterocycles. The number of hydrogen-bond donors (Lipinski definition) is 2. The van der Waals surface area contributed by atoms with Gasteiger partial charge in [0.15, 0.2) is 0 Å². The van der Waals surface area contributed by atoms with Crippen molar-refractivity contribution in [2.24, 2.45) is 5.10 Å². The highest BCUT2D eigenvalue weighted by Gasteiger charge is 2.06. The molecule has 0 saturated carbocycles. The molecule has 8 nitrogen and oxygen atoms in total. The van der Waals surface area contributed by atoms with E-state index in [0.29, 0.717) is 41.2 Å². The SMILES string of the molecule is COC(=O)c1cccc(OCCOc2cccc(C=NNc3nc(N)cs3)c2)c1. The van der Waals surface area contributed by atoms with Crippen LogP contribution in [0.25, 0.3) is 0 Å². The van der Waals surface area contributed by atoms with E-state index in [1.54, 1.807) is 35.9 Å². The third kappa shape index (κ3) is 6.22. The van der Waals surface area contributed by atoms with Crippen LogP contribution in [0.1, 0.15) is 15.9 Å². The molecule has 0 aliphatic heterocycles. The molecule has 3 rings (SSSR count). The molecule has 0 aliphatic rings. The molecule has 0 atom stereocenters. The van der Waals surface area contributed by atoms with Crippen molar-refractivity contribution in [2.45, 2.75) is 0 Å². The molecule has 3 N–H and O–H groups in total. The summed E-state index contributed by atoms with van der Waals surface area (Å²) in [6, 6.07) is 14.3. The lowest BCUT2D eigenvalue weighted by atomic mass is 10.2. The molecule has 29 heavy (non-hydrogen) atoms. The van der Waals surface area contributed by atoms with Crippen molar-refractivity contribution in [3.05, 3.63) is 65.0 Å². The molecule has 2 aromatic carbocycles. The topological polar surface area (TPSA) is 108 Å². The van der Waals surface area contributed by atoms with E-state index < -0.39 is 5.97 Å². The number of nitrogens with zero attached hydrogens (tertiary/aromatic N) is 2. The van der Waals surface area contributed by atoms with Crippen LogP contribution in [-0.4, -0.2) is 37.5 Å². The van der Waals surface area contributed by atoms with Crippen LogP contribution in [0.15, 0.2) is 59.0 Å². The van der Waals surface area contributed by atoms with E-state index in [1.807, 2.05) is 24.3 Å². The fourth-order valence-corrected chi connectivity index (χ4v) is 2.88. The molecule has 1 heterocycles. The molecular weight excluding hydrogens is 392 g/mol. The standard InChI is InChI=1S/C20H20N4O4S/c1-26-19(25)15-5-3-7-17(11-15)28-9-8-27-16-6-2-4-14(10-16)12-22-24-20-23-18(21)13-29-20/h2-7,10-13H,8-9,21H2,1H3,(H,23,24). The summed E-state index contributed by atoms with van der Waals surface area (Å²) < 4.78 is 16.0. The van der Waals surface area contributed by atoms with Gasteiger partial charge in [0.1, 0.15) is 30.5 Å². The van der Waals surface area contributed by atoms with Gasteiger partial charge in [-0.1, -0.05) is 18.2 Å². The molecule has 3 aromatic rings. The first kappa shape index (κ1) is 20.2. The van der Waals surface area contributed by atoms with Crippen molar-refractivity contribution in [3.63, 3.8) is 0 Å². The molecule has 150 valence electrons. The normalized spacial score (nSPS) is 10.7. The van der Waals surface area contributed by atoms with Gasteiger partial charge < -0.3 is 19.9 Å². The Morgan fingerprint density at radius 1 is 1.17 bits per heavy atom. The Morgan fingerprint density at radius 3 is 2.59 bits per heavy atom. The number of ether oxygens (including phenoxy) is 3. The van der Waals surface area contributed by atoms with E-state index in [1.165, 1.54) is 18.4 Å². The smallest absolute Gasteiger partial charge is 0.337 e. The van der Waals surface area contributed by atoms with Gasteiger partial charge in [-0.2, -0.15) is 5.10 Å². The second-order valence-corrected chi connectivity index (χ2v) is 6.59. The number of methoxy groups -OCH3 is 1. The molecule has 0 aliphatic carbocycles. The largest absolute Gasteiger partial charge is 0.490 e. The maximum Gasteiger partial charge on any atom is 0.337 e. The Bertz CT molecular complexity index is 990. The maximum atomic E-state index is 11.5. The fourth-order valence-electron chi connectivity index (χ4n) is 2.33. The Kier molecular flexibility index (Phi) is 7.01. The number of nitrogens with two attached hydrogens (primary N) is 1. The van der Waals surface area contributed by atoms with E-state index in [0.717, 1.165) is 5.56 Å². The van der Waals surface area contributed by atoms with E-state index in [9.17, 15) is 4.79 Å². The molecular formula is C20H20N4O4S. The number of carbonyl (C=O) groups is 1. The molecule has 0 amide bonds. The highest BCUT2D eigenvalue weighted by Crippen LogP contribution is 2.17. The Balaban J connectivity index is 1.46. The van der Waals surface area contributed by atoms with Crippen molar-refractivity contribution < 1.29 is 19.0 Å². The fraction of sp³-hybridized carbons (Fsp3) is 0.150. The van der Waals surface area contributed by atoms with Gasteiger partial charge in [0.05, 0.1) is 18.9 Å². The number of rotatable bonds is 9. The zero-order chi connectivity index (χ0) is 20.5. The van der Waals surface area contributed by atoms with Gasteiger partial charge in [-0.15, -0.1) is 11.3 Å². The van der Waals surface area contributed by atoms with Gasteiger partial charge in [-0.25, -0.2) is 9.78 Å². The van der Waals surface area contributed by atoms with E-state index in [-0.39, 0.29) is 0 Å². The number of nitrogens with one attached hydrogen (secondary N) is 1. The molecule has 0 bridgehead atoms. The lowest BCUT2D eigenvalue weighted by molar-refractivity contribution is 0.0600. The maximum absolute atomic E-state index is 11.5. The summed E-state index contributed by atoms with van der Waals surface area (Å²) in [6.07, 6.45) is 1.67. The van der Waals surface area contributed by atoms with Crippen LogP contribution in [0.4, 0.5) is 10.9 Å². The first-order valence-electron chi connectivity index (χ1n) is 8.68. The molecule has 9 heteroatoms. The third-order valence-electron chi connectivity index (χ3n) is 3.63. The van der Waals surface area contributed by atoms with Crippen LogP contribution in [0, 0.1) is 0 Å². The van der Waals surface area contributed by atoms with Crippen molar-refractivity contribution in [1.82, 2.24) is 4.98 Å². The van der Waals surface area contributed by atoms with Crippen molar-refractivity contribution in [3.8, 4) is 11.5 Å². The Morgan fingerprint density at radius 2 is 1.90 bits per heavy atom. The molecule has 1 aromatic heterocycles. The highest BCUT2D eigenvalue weighted by molar-refractivity contribution is 7.14. The predicted octanol–water partition coefficient (Wildman–Crippen LogP) is 3.42. The predicted molar refractivity (Wildman–Crippen MR) is 113 cm³/mol. The number of carbonyl (C=O) groups excluding carboxylic acids is 1. The zero-order valence-electron chi connectivity index (χ0n) is 15.7. The average Bonchev–Trinajstić information content (AvgIpc) is 3.16. The lowest BCUT2D eigenvalue weighted by Gasteiger charge is -2.09. The Labute approximate surface area is 171 Å². The molecule has 0 unspecified atom stereocenters. The summed E-state index contributed by atoms with van der Waals surface area (Å²) in [5.74, 6) is 1.32. The summed E-state index contributed by atoms with van der Waals surface area (Å²) in [5.41, 5.74) is 9.69. The molecule has 0 fully saturated rings. The van der Waals surface area contributed by atoms with Crippen LogP contribution < -0.4 is 20.6 Å². The van der Waals surface area contributed by atoms with E-state index in [2.05, 4.69) is 15.5 Å². The van der Waals surface area contributed by atoms with Crippen LogP contribution in [-0.2, 0) is 4.74 Å². The summed E-state index contributed by atoms with van der Waals surface area (Å²) in [5, 5.41) is 6.49. The van der Waals surface area contributed by atoms with E-state index in [4.69, 9.17) is 19.9 Å². The van der Waals surface area contributed by atoms with Crippen LogP contribution in [0.5, 0.6) is 11.5 Å². The minimum atomic E-state index is -0.405. The third-order valence-corrected chi connectivity index (χ3v) is 4.39. The number of hydrazone groups is 1. The van der Waals surface area contributed by atoms with Crippen molar-refractivity contribution >= 4 is 34.5 Å². The van der Waals surface area contributed by atoms with Gasteiger partial charge in [0.2, 0.25) is 5.13 Å². The van der Waals surface area contributed by atoms with Crippen LogP contribution >= 0.6 is 11.3 Å². The quantitative estimate of drug-likeness (QED) is 0.240. The monoisotopic (exact) mass is 412 g/mol. The number of aromatic nitrogens is 1. The summed E-state index contributed by atoms with van der Waals surface area (Å²) >= 11 is 1.38. The van der Waals surface area contributed by atoms with Crippen LogP contribution in [0.3, 0.4) is 0 Å². The van der Waals surface area contributed by atoms with Crippen LogP contribution in [0.2, 0.25) is 0 Å². The average molecular weight is 412 g/mol. The lowest BCUT2D eigenvalue weighted by Crippen LogP contribution is -2.09. The van der Waals surface area contributed by atoms with Gasteiger partial charge in [-0.05, 0) is 35.9 Å². The van der Waals surface area contributed by atoms with Gasteiger partial charge in [0, 0.05) is 5.38 Å². The zero-order valence-corrected chi connectivity index (χ0v) is 16.5. The summed E-state index contributed by atoms with van der Waals surface area (Å²) in [4.78, 5) is 15.6. The minimum Gasteiger partial charge on any atom is -0.490 e. The van der Waals surface area contributed by atoms with Crippen molar-refractivity contribution in [1.29, 1.82) is 0 Å². The molecule has 0 radical (unpaired) electrons. The second kappa shape index (κ2) is 10.1.